The highest BCUT2D eigenvalue weighted by atomic mass is 19.1. The summed E-state index contributed by atoms with van der Waals surface area (Å²) in [5.74, 6) is 0.0251. The van der Waals surface area contributed by atoms with E-state index in [0.717, 1.165) is 12.1 Å². The second kappa shape index (κ2) is 6.83. The Morgan fingerprint density at radius 3 is 2.65 bits per heavy atom. The highest BCUT2D eigenvalue weighted by molar-refractivity contribution is 5.33. The summed E-state index contributed by atoms with van der Waals surface area (Å²) in [6.07, 6.45) is 0. The SMILES string of the molecule is CC(CNCc1cc(F)cc(C#N)c1)c1ccccc1. The van der Waals surface area contributed by atoms with Crippen LogP contribution in [0.2, 0.25) is 0 Å². The van der Waals surface area contributed by atoms with Crippen LogP contribution in [0.25, 0.3) is 0 Å². The van der Waals surface area contributed by atoms with Crippen molar-refractivity contribution >= 4 is 0 Å². The van der Waals surface area contributed by atoms with Gasteiger partial charge in [-0.1, -0.05) is 37.3 Å². The molecule has 1 atom stereocenters. The molecule has 2 aromatic carbocycles. The Morgan fingerprint density at radius 1 is 1.20 bits per heavy atom. The van der Waals surface area contributed by atoms with Crippen molar-refractivity contribution in [1.82, 2.24) is 5.32 Å². The van der Waals surface area contributed by atoms with Gasteiger partial charge in [-0.25, -0.2) is 4.39 Å². The largest absolute Gasteiger partial charge is 0.312 e. The van der Waals surface area contributed by atoms with Crippen molar-refractivity contribution in [3.05, 3.63) is 71.0 Å². The summed E-state index contributed by atoms with van der Waals surface area (Å²) in [7, 11) is 0. The summed E-state index contributed by atoms with van der Waals surface area (Å²) in [5.41, 5.74) is 2.43. The zero-order valence-corrected chi connectivity index (χ0v) is 11.4. The van der Waals surface area contributed by atoms with E-state index in [2.05, 4.69) is 24.4 Å². The Hall–Kier alpha value is -2.18. The molecule has 0 fully saturated rings. The van der Waals surface area contributed by atoms with Gasteiger partial charge >= 0.3 is 0 Å². The number of nitrogens with one attached hydrogen (secondary N) is 1. The quantitative estimate of drug-likeness (QED) is 0.899. The highest BCUT2D eigenvalue weighted by Gasteiger charge is 2.05. The van der Waals surface area contributed by atoms with Crippen LogP contribution >= 0.6 is 0 Å². The van der Waals surface area contributed by atoms with E-state index in [1.165, 1.54) is 17.7 Å². The van der Waals surface area contributed by atoms with Gasteiger partial charge in [0, 0.05) is 13.1 Å². The third-order valence-electron chi connectivity index (χ3n) is 3.23. The fraction of sp³-hybridized carbons (Fsp3) is 0.235. The predicted octanol–water partition coefficient (Wildman–Crippen LogP) is 3.59. The van der Waals surface area contributed by atoms with E-state index >= 15 is 0 Å². The first-order chi connectivity index (χ1) is 9.69. The zero-order valence-electron chi connectivity index (χ0n) is 11.4. The van der Waals surface area contributed by atoms with E-state index in [9.17, 15) is 4.39 Å². The molecule has 0 heterocycles. The van der Waals surface area contributed by atoms with E-state index < -0.39 is 0 Å². The number of nitrogens with zero attached hydrogens (tertiary/aromatic N) is 1. The molecular formula is C17H17FN2. The summed E-state index contributed by atoms with van der Waals surface area (Å²) in [6.45, 7) is 3.51. The molecule has 3 heteroatoms. The Kier molecular flexibility index (Phi) is 4.86. The molecule has 0 aliphatic heterocycles. The minimum absolute atomic E-state index is 0.359. The lowest BCUT2D eigenvalue weighted by atomic mass is 10.0. The molecule has 0 amide bonds. The number of halogens is 1. The van der Waals surface area contributed by atoms with Crippen molar-refractivity contribution < 1.29 is 4.39 Å². The molecule has 0 saturated carbocycles. The lowest BCUT2D eigenvalue weighted by molar-refractivity contribution is 0.602. The van der Waals surface area contributed by atoms with Crippen LogP contribution in [0.5, 0.6) is 0 Å². The molecule has 1 N–H and O–H groups in total. The molecular weight excluding hydrogens is 251 g/mol. The monoisotopic (exact) mass is 268 g/mol. The number of benzene rings is 2. The molecule has 2 nitrogen and oxygen atoms in total. The topological polar surface area (TPSA) is 35.8 Å². The lowest BCUT2D eigenvalue weighted by Gasteiger charge is -2.13. The minimum Gasteiger partial charge on any atom is -0.312 e. The molecule has 0 aromatic heterocycles. The maximum Gasteiger partial charge on any atom is 0.124 e. The van der Waals surface area contributed by atoms with Gasteiger partial charge in [0.15, 0.2) is 0 Å². The van der Waals surface area contributed by atoms with Crippen molar-refractivity contribution in [3.8, 4) is 6.07 Å². The lowest BCUT2D eigenvalue weighted by Crippen LogP contribution is -2.19. The van der Waals surface area contributed by atoms with Crippen LogP contribution in [-0.4, -0.2) is 6.54 Å². The third kappa shape index (κ3) is 3.91. The Balaban J connectivity index is 1.90. The molecule has 0 radical (unpaired) electrons. The standard InChI is InChI=1S/C17H17FN2/c1-13(16-5-3-2-4-6-16)11-20-12-15-7-14(10-19)8-17(18)9-15/h2-9,13,20H,11-12H2,1H3. The van der Waals surface area contributed by atoms with Gasteiger partial charge in [-0.15, -0.1) is 0 Å². The first-order valence-corrected chi connectivity index (χ1v) is 6.64. The smallest absolute Gasteiger partial charge is 0.124 e. The Morgan fingerprint density at radius 2 is 1.95 bits per heavy atom. The van der Waals surface area contributed by atoms with Gasteiger partial charge in [0.2, 0.25) is 0 Å². The minimum atomic E-state index is -0.364. The summed E-state index contributed by atoms with van der Waals surface area (Å²) in [4.78, 5) is 0. The fourth-order valence-corrected chi connectivity index (χ4v) is 2.15. The summed E-state index contributed by atoms with van der Waals surface area (Å²) in [5, 5.41) is 12.1. The van der Waals surface area contributed by atoms with Crippen LogP contribution < -0.4 is 5.32 Å². The van der Waals surface area contributed by atoms with Crippen molar-refractivity contribution in [2.75, 3.05) is 6.54 Å². The number of nitriles is 1. The second-order valence-electron chi connectivity index (χ2n) is 4.90. The van der Waals surface area contributed by atoms with Crippen molar-refractivity contribution in [2.24, 2.45) is 0 Å². The average Bonchev–Trinajstić information content (AvgIpc) is 2.47. The summed E-state index contributed by atoms with van der Waals surface area (Å²) < 4.78 is 13.3. The zero-order chi connectivity index (χ0) is 14.4. The molecule has 0 spiro atoms. The number of rotatable bonds is 5. The van der Waals surface area contributed by atoms with E-state index in [1.54, 1.807) is 6.07 Å². The molecule has 0 saturated heterocycles. The molecule has 20 heavy (non-hydrogen) atoms. The molecule has 0 aliphatic carbocycles. The number of hydrogen-bond acceptors (Lipinski definition) is 2. The first-order valence-electron chi connectivity index (χ1n) is 6.64. The van der Waals surface area contributed by atoms with E-state index in [1.807, 2.05) is 24.3 Å². The third-order valence-corrected chi connectivity index (χ3v) is 3.23. The normalized spacial score (nSPS) is 11.8. The predicted molar refractivity (Wildman–Crippen MR) is 77.7 cm³/mol. The van der Waals surface area contributed by atoms with E-state index in [4.69, 9.17) is 5.26 Å². The van der Waals surface area contributed by atoms with Gasteiger partial charge in [-0.3, -0.25) is 0 Å². The summed E-state index contributed by atoms with van der Waals surface area (Å²) in [6, 6.07) is 16.6. The van der Waals surface area contributed by atoms with Gasteiger partial charge in [-0.05, 0) is 35.2 Å². The van der Waals surface area contributed by atoms with Crippen LogP contribution in [0.4, 0.5) is 4.39 Å². The maximum atomic E-state index is 13.3. The van der Waals surface area contributed by atoms with Crippen LogP contribution in [0.1, 0.15) is 29.5 Å². The van der Waals surface area contributed by atoms with Crippen LogP contribution in [0.3, 0.4) is 0 Å². The van der Waals surface area contributed by atoms with E-state index in [-0.39, 0.29) is 5.82 Å². The molecule has 102 valence electrons. The van der Waals surface area contributed by atoms with Crippen LogP contribution in [-0.2, 0) is 6.54 Å². The van der Waals surface area contributed by atoms with E-state index in [0.29, 0.717) is 18.0 Å². The summed E-state index contributed by atoms with van der Waals surface area (Å²) >= 11 is 0. The van der Waals surface area contributed by atoms with Gasteiger partial charge in [-0.2, -0.15) is 5.26 Å². The van der Waals surface area contributed by atoms with Crippen LogP contribution in [0, 0.1) is 17.1 Å². The molecule has 0 aliphatic rings. The van der Waals surface area contributed by atoms with Gasteiger partial charge in [0.25, 0.3) is 0 Å². The fourth-order valence-electron chi connectivity index (χ4n) is 2.15. The average molecular weight is 268 g/mol. The Bertz CT molecular complexity index is 602. The molecule has 1 unspecified atom stereocenters. The van der Waals surface area contributed by atoms with Gasteiger partial charge < -0.3 is 5.32 Å². The first kappa shape index (κ1) is 14.2. The Labute approximate surface area is 118 Å². The number of hydrogen-bond donors (Lipinski definition) is 1. The van der Waals surface area contributed by atoms with Gasteiger partial charge in [0.1, 0.15) is 5.82 Å². The maximum absolute atomic E-state index is 13.3. The highest BCUT2D eigenvalue weighted by Crippen LogP contribution is 2.14. The van der Waals surface area contributed by atoms with Crippen molar-refractivity contribution in [1.29, 1.82) is 5.26 Å². The molecule has 0 bridgehead atoms. The molecule has 2 aromatic rings. The van der Waals surface area contributed by atoms with Crippen LogP contribution in [0.15, 0.2) is 48.5 Å². The van der Waals surface area contributed by atoms with Gasteiger partial charge in [0.05, 0.1) is 11.6 Å². The van der Waals surface area contributed by atoms with Crippen molar-refractivity contribution in [2.45, 2.75) is 19.4 Å². The van der Waals surface area contributed by atoms with Crippen molar-refractivity contribution in [3.63, 3.8) is 0 Å². The molecule has 2 rings (SSSR count). The second-order valence-corrected chi connectivity index (χ2v) is 4.90.